The lowest BCUT2D eigenvalue weighted by atomic mass is 9.84. The second kappa shape index (κ2) is 24.7. The molecule has 2 N–H and O–H groups in total. The second-order valence-corrected chi connectivity index (χ2v) is 18.2. The van der Waals surface area contributed by atoms with Crippen molar-refractivity contribution in [1.82, 2.24) is 25.3 Å². The highest BCUT2D eigenvalue weighted by Crippen LogP contribution is 2.31. The number of amides is 4. The molecule has 0 aromatic heterocycles. The highest BCUT2D eigenvalue weighted by atomic mass is 16.5. The first kappa shape index (κ1) is 50.8. The van der Waals surface area contributed by atoms with E-state index in [1.807, 2.05) is 97.8 Å². The Bertz CT molecular complexity index is 1440. The molecule has 11 heteroatoms. The van der Waals surface area contributed by atoms with Gasteiger partial charge in [-0.2, -0.15) is 0 Å². The van der Waals surface area contributed by atoms with Gasteiger partial charge in [-0.15, -0.1) is 0 Å². The van der Waals surface area contributed by atoms with Crippen LogP contribution in [0.15, 0.2) is 30.3 Å². The summed E-state index contributed by atoms with van der Waals surface area (Å²) in [5.41, 5.74) is 1.06. The van der Waals surface area contributed by atoms with Gasteiger partial charge in [0.15, 0.2) is 0 Å². The third-order valence-corrected chi connectivity index (χ3v) is 12.7. The molecule has 11 nitrogen and oxygen atoms in total. The summed E-state index contributed by atoms with van der Waals surface area (Å²) in [6.45, 7) is 23.4. The molecule has 1 fully saturated rings. The minimum Gasteiger partial charge on any atom is -0.379 e. The van der Waals surface area contributed by atoms with E-state index < -0.39 is 18.1 Å². The van der Waals surface area contributed by atoms with E-state index >= 15 is 0 Å². The van der Waals surface area contributed by atoms with Gasteiger partial charge in [-0.25, -0.2) is 0 Å². The van der Waals surface area contributed by atoms with Gasteiger partial charge in [0.2, 0.25) is 23.6 Å². The number of hydrogen-bond donors (Lipinski definition) is 2. The fraction of sp³-hybridized carbons (Fsp3) is 0.766. The number of hydrogen-bond acceptors (Lipinski definition) is 7. The first-order chi connectivity index (χ1) is 27.3. The SMILES string of the molecule is CCCNC(=O)[C@@H](CCC(=O)[C@H](C)[C@@H](OC)[C@@H]1CCCN1C(=O)C[C@@H](C)[C@H]([C@@H](C)CC)N(C)C(=O)[C@@H](NC(=O)[C@H](C(C)C)N(C)C(C)C)C(C)C)Cc1ccccc1. The van der Waals surface area contributed by atoms with Crippen LogP contribution in [0.25, 0.3) is 0 Å². The number of nitrogens with one attached hydrogen (secondary N) is 2. The average Bonchev–Trinajstić information content (AvgIpc) is 3.67. The van der Waals surface area contributed by atoms with Crippen molar-refractivity contribution in [2.45, 2.75) is 164 Å². The first-order valence-corrected chi connectivity index (χ1v) is 22.3. The number of rotatable bonds is 25. The molecular formula is C47H81N5O6. The van der Waals surface area contributed by atoms with Crippen molar-refractivity contribution in [1.29, 1.82) is 0 Å². The third kappa shape index (κ3) is 14.2. The molecule has 9 atom stereocenters. The first-order valence-electron chi connectivity index (χ1n) is 22.3. The van der Waals surface area contributed by atoms with Gasteiger partial charge in [0, 0.05) is 64.0 Å². The van der Waals surface area contributed by atoms with Gasteiger partial charge in [-0.3, -0.25) is 28.9 Å². The van der Waals surface area contributed by atoms with Crippen molar-refractivity contribution in [3.8, 4) is 0 Å². The Kier molecular flexibility index (Phi) is 21.6. The summed E-state index contributed by atoms with van der Waals surface area (Å²) < 4.78 is 6.03. The standard InChI is InChI=1S/C47H81N5O6/c1-15-26-48-45(55)37(29-36-21-18-17-19-22-36)24-25-39(53)35(11)44(58-14)38-23-20-27-52(38)40(54)28-34(10)43(33(9)16-2)51(13)47(57)41(30(3)4)49-46(56)42(31(5)6)50(12)32(7)8/h17-19,21-22,30-35,37-38,41-44H,15-16,20,23-29H2,1-14H3,(H,48,55)(H,49,56)/t33-,34+,35-,37-,38-,41-,42-,43-,44+/m0/s1. The van der Waals surface area contributed by atoms with Gasteiger partial charge >= 0.3 is 0 Å². The summed E-state index contributed by atoms with van der Waals surface area (Å²) in [5, 5.41) is 6.15. The van der Waals surface area contributed by atoms with E-state index in [4.69, 9.17) is 4.74 Å². The molecule has 1 heterocycles. The number of Topliss-reactive ketones (excluding diaryl/α,β-unsaturated/α-hetero) is 1. The molecule has 1 aromatic carbocycles. The summed E-state index contributed by atoms with van der Waals surface area (Å²) in [6.07, 6.45) is 4.21. The quantitative estimate of drug-likeness (QED) is 0.112. The van der Waals surface area contributed by atoms with Gasteiger partial charge in [0.1, 0.15) is 11.8 Å². The number of nitrogens with zero attached hydrogens (tertiary/aromatic N) is 3. The van der Waals surface area contributed by atoms with Crippen molar-refractivity contribution < 1.29 is 28.7 Å². The van der Waals surface area contributed by atoms with E-state index in [2.05, 4.69) is 43.2 Å². The lowest BCUT2D eigenvalue weighted by Gasteiger charge is -2.41. The van der Waals surface area contributed by atoms with Crippen molar-refractivity contribution in [2.75, 3.05) is 34.3 Å². The number of benzene rings is 1. The van der Waals surface area contributed by atoms with Crippen molar-refractivity contribution in [2.24, 2.45) is 35.5 Å². The number of carbonyl (C=O) groups excluding carboxylic acids is 5. The van der Waals surface area contributed by atoms with Crippen molar-refractivity contribution in [3.63, 3.8) is 0 Å². The summed E-state index contributed by atoms with van der Waals surface area (Å²) in [4.78, 5) is 75.0. The van der Waals surface area contributed by atoms with E-state index in [9.17, 15) is 24.0 Å². The Morgan fingerprint density at radius 1 is 0.879 bits per heavy atom. The number of ketones is 1. The molecule has 4 amide bonds. The molecular weight excluding hydrogens is 731 g/mol. The molecule has 0 aliphatic carbocycles. The van der Waals surface area contributed by atoms with Crippen LogP contribution in [0.5, 0.6) is 0 Å². The van der Waals surface area contributed by atoms with Crippen LogP contribution >= 0.6 is 0 Å². The van der Waals surface area contributed by atoms with Crippen LogP contribution in [0.1, 0.15) is 127 Å². The smallest absolute Gasteiger partial charge is 0.245 e. The van der Waals surface area contributed by atoms with E-state index in [1.165, 1.54) is 0 Å². The van der Waals surface area contributed by atoms with Crippen LogP contribution in [-0.2, 0) is 35.1 Å². The molecule has 1 aromatic rings. The molecule has 0 radical (unpaired) electrons. The zero-order chi connectivity index (χ0) is 43.9. The van der Waals surface area contributed by atoms with E-state index in [0.29, 0.717) is 25.9 Å². The van der Waals surface area contributed by atoms with E-state index in [-0.39, 0.29) is 96.0 Å². The zero-order valence-corrected chi connectivity index (χ0v) is 38.7. The van der Waals surface area contributed by atoms with Crippen molar-refractivity contribution in [3.05, 3.63) is 35.9 Å². The van der Waals surface area contributed by atoms with Crippen LogP contribution in [0, 0.1) is 35.5 Å². The molecule has 0 bridgehead atoms. The molecule has 58 heavy (non-hydrogen) atoms. The van der Waals surface area contributed by atoms with Gasteiger partial charge in [-0.1, -0.05) is 99.1 Å². The second-order valence-electron chi connectivity index (χ2n) is 18.2. The van der Waals surface area contributed by atoms with Crippen molar-refractivity contribution >= 4 is 29.4 Å². The summed E-state index contributed by atoms with van der Waals surface area (Å²) in [5.74, 6) is -1.25. The highest BCUT2D eigenvalue weighted by molar-refractivity contribution is 5.90. The zero-order valence-electron chi connectivity index (χ0n) is 38.7. The predicted molar refractivity (Wildman–Crippen MR) is 234 cm³/mol. The van der Waals surface area contributed by atoms with Gasteiger partial charge in [-0.05, 0) is 82.2 Å². The fourth-order valence-electron chi connectivity index (χ4n) is 8.96. The Morgan fingerprint density at radius 3 is 2.05 bits per heavy atom. The van der Waals surface area contributed by atoms with Crippen LogP contribution in [-0.4, -0.2) is 115 Å². The van der Waals surface area contributed by atoms with Gasteiger partial charge < -0.3 is 25.2 Å². The molecule has 0 saturated carbocycles. The Hall–Kier alpha value is -3.31. The van der Waals surface area contributed by atoms with E-state index in [1.54, 1.807) is 12.0 Å². The number of likely N-dealkylation sites (tertiary alicyclic amines) is 1. The van der Waals surface area contributed by atoms with Gasteiger partial charge in [0.05, 0.1) is 18.2 Å². The van der Waals surface area contributed by atoms with Crippen LogP contribution in [0.3, 0.4) is 0 Å². The molecule has 1 aliphatic rings. The maximum Gasteiger partial charge on any atom is 0.245 e. The lowest BCUT2D eigenvalue weighted by molar-refractivity contribution is -0.144. The third-order valence-electron chi connectivity index (χ3n) is 12.7. The number of carbonyl (C=O) groups is 5. The molecule has 1 aliphatic heterocycles. The summed E-state index contributed by atoms with van der Waals surface area (Å²) >= 11 is 0. The average molecular weight is 812 g/mol. The van der Waals surface area contributed by atoms with Crippen LogP contribution < -0.4 is 10.6 Å². The Labute approximate surface area is 352 Å². The Morgan fingerprint density at radius 2 is 1.52 bits per heavy atom. The van der Waals surface area contributed by atoms with Gasteiger partial charge in [0.25, 0.3) is 0 Å². The highest BCUT2D eigenvalue weighted by Gasteiger charge is 2.42. The largest absolute Gasteiger partial charge is 0.379 e. The number of ether oxygens (including phenoxy) is 1. The summed E-state index contributed by atoms with van der Waals surface area (Å²) in [7, 11) is 5.37. The normalized spacial score (nSPS) is 18.7. The molecule has 0 spiro atoms. The number of methoxy groups -OCH3 is 1. The topological polar surface area (TPSA) is 128 Å². The molecule has 2 rings (SSSR count). The monoisotopic (exact) mass is 812 g/mol. The van der Waals surface area contributed by atoms with E-state index in [0.717, 1.165) is 31.2 Å². The Balaban J connectivity index is 2.22. The number of likely N-dealkylation sites (N-methyl/N-ethyl adjacent to an activating group) is 2. The lowest BCUT2D eigenvalue weighted by Crippen LogP contribution is -2.59. The maximum absolute atomic E-state index is 14.3. The van der Waals surface area contributed by atoms with Crippen LogP contribution in [0.4, 0.5) is 0 Å². The predicted octanol–water partition coefficient (Wildman–Crippen LogP) is 6.77. The van der Waals surface area contributed by atoms with Crippen LogP contribution in [0.2, 0.25) is 0 Å². The molecule has 1 saturated heterocycles. The maximum atomic E-state index is 14.3. The fourth-order valence-corrected chi connectivity index (χ4v) is 8.96. The summed E-state index contributed by atoms with van der Waals surface area (Å²) in [6, 6.07) is 8.48. The molecule has 0 unspecified atom stereocenters. The molecule has 330 valence electrons. The minimum absolute atomic E-state index is 0.00779. The minimum atomic E-state index is -0.711.